The van der Waals surface area contributed by atoms with Gasteiger partial charge >= 0.3 is 0 Å². The van der Waals surface area contributed by atoms with Crippen molar-refractivity contribution in [3.63, 3.8) is 0 Å². The van der Waals surface area contributed by atoms with E-state index in [-0.39, 0.29) is 5.91 Å². The SMILES string of the molecule is C=CCCNC(=O)c1ccnc(CC(=C/C(C)S(N)(=O)=O)/C=C/C=C(/C)C=NC)c1. The van der Waals surface area contributed by atoms with Crippen LogP contribution < -0.4 is 10.5 Å². The molecule has 0 aliphatic rings. The summed E-state index contributed by atoms with van der Waals surface area (Å²) in [4.78, 5) is 20.5. The van der Waals surface area contributed by atoms with Gasteiger partial charge in [0.15, 0.2) is 0 Å². The summed E-state index contributed by atoms with van der Waals surface area (Å²) in [5.74, 6) is -0.197. The molecule has 0 aliphatic heterocycles. The number of aliphatic imine (C=N–C) groups is 1. The third kappa shape index (κ3) is 9.58. The molecule has 0 radical (unpaired) electrons. The van der Waals surface area contributed by atoms with E-state index in [4.69, 9.17) is 5.14 Å². The van der Waals surface area contributed by atoms with Crippen LogP contribution in [0, 0.1) is 0 Å². The first-order valence-corrected chi connectivity index (χ1v) is 11.1. The Balaban J connectivity index is 3.12. The molecular formula is C22H30N4O3S. The van der Waals surface area contributed by atoms with Gasteiger partial charge in [-0.15, -0.1) is 6.58 Å². The molecule has 0 aliphatic carbocycles. The van der Waals surface area contributed by atoms with Gasteiger partial charge in [0.25, 0.3) is 5.91 Å². The molecule has 0 bridgehead atoms. The number of sulfonamides is 1. The standard InChI is InChI=1S/C22H30N4O3S/c1-5-6-11-26-22(27)20-10-12-25-21(15-20)14-19(13-18(3)30(23,28)29)9-7-8-17(2)16-24-4/h5,7-10,12-13,15-16,18H,1,6,11,14H2,2-4H3,(H,26,27)(H2,23,28,29)/b9-7+,17-8-,19-13+,24-16?. The summed E-state index contributed by atoms with van der Waals surface area (Å²) >= 11 is 0. The topological polar surface area (TPSA) is 115 Å². The lowest BCUT2D eigenvalue weighted by molar-refractivity contribution is 0.0954. The van der Waals surface area contributed by atoms with Crippen LogP contribution in [-0.2, 0) is 16.4 Å². The van der Waals surface area contributed by atoms with E-state index in [9.17, 15) is 13.2 Å². The molecule has 0 aromatic carbocycles. The zero-order valence-corrected chi connectivity index (χ0v) is 18.5. The molecule has 3 N–H and O–H groups in total. The van der Waals surface area contributed by atoms with Crippen LogP contribution in [0.3, 0.4) is 0 Å². The Hall–Kier alpha value is -2.84. The number of aromatic nitrogens is 1. The van der Waals surface area contributed by atoms with E-state index in [1.165, 1.54) is 6.92 Å². The number of hydrogen-bond donors (Lipinski definition) is 2. The fourth-order valence-electron chi connectivity index (χ4n) is 2.45. The normalized spacial score (nSPS) is 14.3. The molecule has 0 fully saturated rings. The lowest BCUT2D eigenvalue weighted by Crippen LogP contribution is -2.24. The Morgan fingerprint density at radius 2 is 2.17 bits per heavy atom. The lowest BCUT2D eigenvalue weighted by atomic mass is 10.1. The highest BCUT2D eigenvalue weighted by Gasteiger charge is 2.14. The highest BCUT2D eigenvalue weighted by atomic mass is 32.2. The molecule has 1 unspecified atom stereocenters. The maximum absolute atomic E-state index is 12.3. The second-order valence-electron chi connectivity index (χ2n) is 6.74. The number of carbonyl (C=O) groups is 1. The monoisotopic (exact) mass is 430 g/mol. The molecule has 1 heterocycles. The summed E-state index contributed by atoms with van der Waals surface area (Å²) in [6.45, 7) is 7.56. The highest BCUT2D eigenvalue weighted by molar-refractivity contribution is 7.89. The van der Waals surface area contributed by atoms with Crippen LogP contribution >= 0.6 is 0 Å². The summed E-state index contributed by atoms with van der Waals surface area (Å²) < 4.78 is 23.3. The summed E-state index contributed by atoms with van der Waals surface area (Å²) in [6.07, 6.45) is 13.1. The predicted octanol–water partition coefficient (Wildman–Crippen LogP) is 2.74. The molecular weight excluding hydrogens is 400 g/mol. The molecule has 7 nitrogen and oxygen atoms in total. The third-order valence-electron chi connectivity index (χ3n) is 4.07. The van der Waals surface area contributed by atoms with Gasteiger partial charge < -0.3 is 5.32 Å². The van der Waals surface area contributed by atoms with Crippen molar-refractivity contribution in [1.29, 1.82) is 0 Å². The van der Waals surface area contributed by atoms with Gasteiger partial charge in [-0.3, -0.25) is 14.8 Å². The number of nitrogens with two attached hydrogens (primary N) is 1. The largest absolute Gasteiger partial charge is 0.352 e. The molecule has 1 aromatic rings. The van der Waals surface area contributed by atoms with E-state index in [0.717, 1.165) is 5.57 Å². The summed E-state index contributed by atoms with van der Waals surface area (Å²) in [5.41, 5.74) is 2.79. The second kappa shape index (κ2) is 12.7. The average Bonchev–Trinajstić information content (AvgIpc) is 2.67. The first-order valence-electron chi connectivity index (χ1n) is 9.50. The minimum Gasteiger partial charge on any atom is -0.352 e. The number of carbonyl (C=O) groups excluding carboxylic acids is 1. The minimum atomic E-state index is -3.71. The van der Waals surface area contributed by atoms with Gasteiger partial charge in [0.05, 0.1) is 5.25 Å². The second-order valence-corrected chi connectivity index (χ2v) is 8.66. The van der Waals surface area contributed by atoms with E-state index in [2.05, 4.69) is 21.9 Å². The first kappa shape index (κ1) is 25.2. The van der Waals surface area contributed by atoms with Crippen molar-refractivity contribution in [3.05, 3.63) is 77.7 Å². The van der Waals surface area contributed by atoms with Crippen molar-refractivity contribution in [2.75, 3.05) is 13.6 Å². The van der Waals surface area contributed by atoms with E-state index in [1.807, 2.05) is 19.1 Å². The van der Waals surface area contributed by atoms with Crippen LogP contribution in [-0.4, -0.2) is 44.4 Å². The number of primary sulfonamides is 1. The Labute approximate surface area is 179 Å². The van der Waals surface area contributed by atoms with Crippen molar-refractivity contribution in [2.45, 2.75) is 31.9 Å². The highest BCUT2D eigenvalue weighted by Crippen LogP contribution is 2.13. The molecule has 1 amide bonds. The number of pyridine rings is 1. The number of allylic oxidation sites excluding steroid dienone is 5. The summed E-state index contributed by atoms with van der Waals surface area (Å²) in [5, 5.41) is 7.21. The number of rotatable bonds is 11. The van der Waals surface area contributed by atoms with Gasteiger partial charge in [-0.25, -0.2) is 13.6 Å². The molecule has 0 saturated heterocycles. The summed E-state index contributed by atoms with van der Waals surface area (Å²) in [6, 6.07) is 3.33. The number of nitrogens with one attached hydrogen (secondary N) is 1. The molecule has 1 aromatic heterocycles. The van der Waals surface area contributed by atoms with E-state index in [0.29, 0.717) is 36.2 Å². The van der Waals surface area contributed by atoms with Crippen LogP contribution in [0.1, 0.15) is 36.3 Å². The molecule has 1 rings (SSSR count). The van der Waals surface area contributed by atoms with Crippen LogP contribution in [0.4, 0.5) is 0 Å². The maximum Gasteiger partial charge on any atom is 0.251 e. The summed E-state index contributed by atoms with van der Waals surface area (Å²) in [7, 11) is -2.03. The molecule has 30 heavy (non-hydrogen) atoms. The number of nitrogens with zero attached hydrogens (tertiary/aromatic N) is 2. The predicted molar refractivity (Wildman–Crippen MR) is 123 cm³/mol. The van der Waals surface area contributed by atoms with Crippen molar-refractivity contribution in [2.24, 2.45) is 10.1 Å². The Morgan fingerprint density at radius 1 is 1.43 bits per heavy atom. The molecule has 0 spiro atoms. The van der Waals surface area contributed by atoms with E-state index >= 15 is 0 Å². The van der Waals surface area contributed by atoms with Gasteiger partial charge in [0, 0.05) is 43.7 Å². The number of hydrogen-bond acceptors (Lipinski definition) is 5. The van der Waals surface area contributed by atoms with Crippen LogP contribution in [0.5, 0.6) is 0 Å². The lowest BCUT2D eigenvalue weighted by Gasteiger charge is -2.09. The first-order chi connectivity index (χ1) is 14.2. The van der Waals surface area contributed by atoms with Gasteiger partial charge in [0.1, 0.15) is 0 Å². The van der Waals surface area contributed by atoms with Crippen molar-refractivity contribution >= 4 is 22.1 Å². The van der Waals surface area contributed by atoms with Gasteiger partial charge in [0.2, 0.25) is 10.0 Å². The average molecular weight is 431 g/mol. The minimum absolute atomic E-state index is 0.197. The Bertz CT molecular complexity index is 960. The Kier molecular flexibility index (Phi) is 10.6. The van der Waals surface area contributed by atoms with Crippen molar-refractivity contribution < 1.29 is 13.2 Å². The quantitative estimate of drug-likeness (QED) is 0.243. The van der Waals surface area contributed by atoms with E-state index in [1.54, 1.807) is 49.8 Å². The van der Waals surface area contributed by atoms with E-state index < -0.39 is 15.3 Å². The fourth-order valence-corrected chi connectivity index (χ4v) is 2.82. The van der Waals surface area contributed by atoms with Gasteiger partial charge in [-0.2, -0.15) is 0 Å². The zero-order valence-electron chi connectivity index (χ0n) is 17.7. The molecule has 162 valence electrons. The van der Waals surface area contributed by atoms with Crippen LogP contribution in [0.25, 0.3) is 0 Å². The van der Waals surface area contributed by atoms with Crippen molar-refractivity contribution in [1.82, 2.24) is 10.3 Å². The maximum atomic E-state index is 12.3. The van der Waals surface area contributed by atoms with Gasteiger partial charge in [-0.1, -0.05) is 30.4 Å². The van der Waals surface area contributed by atoms with Gasteiger partial charge in [-0.05, 0) is 43.5 Å². The van der Waals surface area contributed by atoms with Crippen LogP contribution in [0.2, 0.25) is 0 Å². The Morgan fingerprint density at radius 3 is 2.80 bits per heavy atom. The third-order valence-corrected chi connectivity index (χ3v) is 5.24. The van der Waals surface area contributed by atoms with Crippen LogP contribution in [0.15, 0.2) is 71.4 Å². The molecule has 0 saturated carbocycles. The number of amides is 1. The zero-order chi connectivity index (χ0) is 22.6. The molecule has 1 atom stereocenters. The smallest absolute Gasteiger partial charge is 0.251 e. The fraction of sp³-hybridized carbons (Fsp3) is 0.318. The van der Waals surface area contributed by atoms with Crippen molar-refractivity contribution in [3.8, 4) is 0 Å². The molecule has 8 heteroatoms.